The summed E-state index contributed by atoms with van der Waals surface area (Å²) in [5, 5.41) is 15.5. The van der Waals surface area contributed by atoms with Gasteiger partial charge in [0.1, 0.15) is 23.8 Å². The fraction of sp³-hybridized carbons (Fsp3) is 0.417. The molecule has 170 valence electrons. The predicted octanol–water partition coefficient (Wildman–Crippen LogP) is 3.43. The van der Waals surface area contributed by atoms with E-state index in [1.165, 1.54) is 0 Å². The van der Waals surface area contributed by atoms with Gasteiger partial charge in [-0.05, 0) is 49.9 Å². The van der Waals surface area contributed by atoms with Gasteiger partial charge in [-0.2, -0.15) is 0 Å². The first-order valence-electron chi connectivity index (χ1n) is 11.0. The van der Waals surface area contributed by atoms with E-state index in [1.54, 1.807) is 37.3 Å². The number of ether oxygens (including phenoxy) is 2. The van der Waals surface area contributed by atoms with E-state index in [0.717, 1.165) is 43.7 Å². The van der Waals surface area contributed by atoms with Gasteiger partial charge < -0.3 is 24.0 Å². The summed E-state index contributed by atoms with van der Waals surface area (Å²) >= 11 is 0. The standard InChI is InChI=1S/C24H29N3O5/c1-3-26-11-13-27(14-12-26)15-20-22(28)10-9-19-21(25-32-23(19)20)16-31-18-7-5-17(6-8-18)24(29)30-4-2/h5-10,28H,3-4,11-16H2,1-2H3. The minimum absolute atomic E-state index is 0.213. The monoisotopic (exact) mass is 439 g/mol. The number of carbonyl (C=O) groups is 1. The van der Waals surface area contributed by atoms with Gasteiger partial charge in [-0.3, -0.25) is 4.90 Å². The molecule has 0 radical (unpaired) electrons. The molecule has 1 fully saturated rings. The lowest BCUT2D eigenvalue weighted by Gasteiger charge is -2.34. The molecule has 8 nitrogen and oxygen atoms in total. The number of phenols is 1. The van der Waals surface area contributed by atoms with E-state index in [4.69, 9.17) is 14.0 Å². The Balaban J connectivity index is 1.44. The minimum atomic E-state index is -0.356. The molecule has 2 aromatic carbocycles. The van der Waals surface area contributed by atoms with Crippen molar-refractivity contribution in [2.45, 2.75) is 27.0 Å². The summed E-state index contributed by atoms with van der Waals surface area (Å²) < 4.78 is 16.5. The molecule has 0 aliphatic carbocycles. The zero-order valence-corrected chi connectivity index (χ0v) is 18.5. The van der Waals surface area contributed by atoms with Crippen molar-refractivity contribution in [2.75, 3.05) is 39.3 Å². The van der Waals surface area contributed by atoms with Crippen LogP contribution in [0.2, 0.25) is 0 Å². The number of hydrogen-bond acceptors (Lipinski definition) is 8. The van der Waals surface area contributed by atoms with Crippen molar-refractivity contribution >= 4 is 16.9 Å². The van der Waals surface area contributed by atoms with Crippen LogP contribution in [0.1, 0.15) is 35.5 Å². The maximum atomic E-state index is 11.8. The molecule has 32 heavy (non-hydrogen) atoms. The topological polar surface area (TPSA) is 88.3 Å². The highest BCUT2D eigenvalue weighted by molar-refractivity contribution is 5.89. The minimum Gasteiger partial charge on any atom is -0.507 e. The first-order chi connectivity index (χ1) is 15.6. The van der Waals surface area contributed by atoms with Crippen molar-refractivity contribution in [2.24, 2.45) is 0 Å². The molecule has 4 rings (SSSR count). The third-order valence-electron chi connectivity index (χ3n) is 5.83. The summed E-state index contributed by atoms with van der Waals surface area (Å²) in [5.41, 5.74) is 2.49. The zero-order valence-electron chi connectivity index (χ0n) is 18.5. The van der Waals surface area contributed by atoms with Crippen LogP contribution in [-0.4, -0.2) is 65.4 Å². The Morgan fingerprint density at radius 1 is 1.06 bits per heavy atom. The summed E-state index contributed by atoms with van der Waals surface area (Å²) in [6.45, 7) is 10.1. The average molecular weight is 440 g/mol. The average Bonchev–Trinajstić information content (AvgIpc) is 3.23. The Kier molecular flexibility index (Phi) is 6.92. The fourth-order valence-corrected chi connectivity index (χ4v) is 3.90. The normalized spacial score (nSPS) is 15.2. The Morgan fingerprint density at radius 2 is 1.78 bits per heavy atom. The van der Waals surface area contributed by atoms with Crippen molar-refractivity contribution < 1.29 is 23.9 Å². The smallest absolute Gasteiger partial charge is 0.338 e. The first kappa shape index (κ1) is 22.1. The number of carbonyl (C=O) groups excluding carboxylic acids is 1. The number of esters is 1. The highest BCUT2D eigenvalue weighted by Gasteiger charge is 2.21. The lowest BCUT2D eigenvalue weighted by atomic mass is 10.1. The highest BCUT2D eigenvalue weighted by atomic mass is 16.5. The number of aromatic nitrogens is 1. The lowest BCUT2D eigenvalue weighted by molar-refractivity contribution is 0.0526. The summed E-state index contributed by atoms with van der Waals surface area (Å²) in [6.07, 6.45) is 0. The van der Waals surface area contributed by atoms with Crippen LogP contribution < -0.4 is 4.74 Å². The van der Waals surface area contributed by atoms with E-state index in [1.807, 2.05) is 6.07 Å². The second-order valence-corrected chi connectivity index (χ2v) is 7.81. The van der Waals surface area contributed by atoms with Crippen LogP contribution in [0.15, 0.2) is 40.9 Å². The number of rotatable bonds is 8. The molecule has 1 aromatic heterocycles. The van der Waals surface area contributed by atoms with E-state index in [9.17, 15) is 9.90 Å². The molecular formula is C24H29N3O5. The van der Waals surface area contributed by atoms with Gasteiger partial charge in [0.05, 0.1) is 17.7 Å². The van der Waals surface area contributed by atoms with Crippen molar-refractivity contribution in [3.8, 4) is 11.5 Å². The summed E-state index contributed by atoms with van der Waals surface area (Å²) in [5.74, 6) is 0.473. The van der Waals surface area contributed by atoms with Crippen LogP contribution in [0.25, 0.3) is 11.0 Å². The second-order valence-electron chi connectivity index (χ2n) is 7.81. The molecule has 2 heterocycles. The largest absolute Gasteiger partial charge is 0.507 e. The van der Waals surface area contributed by atoms with Crippen molar-refractivity contribution in [3.63, 3.8) is 0 Å². The van der Waals surface area contributed by atoms with Crippen LogP contribution in [-0.2, 0) is 17.9 Å². The van der Waals surface area contributed by atoms with E-state index < -0.39 is 0 Å². The van der Waals surface area contributed by atoms with E-state index in [0.29, 0.717) is 35.7 Å². The quantitative estimate of drug-likeness (QED) is 0.534. The number of piperazine rings is 1. The molecule has 3 aromatic rings. The number of fused-ring (bicyclic) bond motifs is 1. The Morgan fingerprint density at radius 3 is 2.47 bits per heavy atom. The van der Waals surface area contributed by atoms with Gasteiger partial charge in [-0.15, -0.1) is 0 Å². The number of benzene rings is 2. The van der Waals surface area contributed by atoms with Gasteiger partial charge in [-0.1, -0.05) is 12.1 Å². The van der Waals surface area contributed by atoms with Crippen LogP contribution in [0.4, 0.5) is 0 Å². The summed E-state index contributed by atoms with van der Waals surface area (Å²) in [6, 6.07) is 10.3. The van der Waals surface area contributed by atoms with Crippen molar-refractivity contribution in [3.05, 3.63) is 53.2 Å². The maximum Gasteiger partial charge on any atom is 0.338 e. The Labute approximate surface area is 187 Å². The molecule has 0 saturated carbocycles. The number of nitrogens with zero attached hydrogens (tertiary/aromatic N) is 3. The van der Waals surface area contributed by atoms with Crippen LogP contribution in [0.3, 0.4) is 0 Å². The SMILES string of the molecule is CCOC(=O)c1ccc(OCc2noc3c(CN4CCN(CC)CC4)c(O)ccc23)cc1. The third kappa shape index (κ3) is 4.87. The molecule has 0 bridgehead atoms. The Hall–Kier alpha value is -3.10. The van der Waals surface area contributed by atoms with Crippen LogP contribution in [0.5, 0.6) is 11.5 Å². The molecule has 0 atom stereocenters. The Bertz CT molecular complexity index is 1060. The molecule has 1 aliphatic heterocycles. The predicted molar refractivity (Wildman–Crippen MR) is 120 cm³/mol. The van der Waals surface area contributed by atoms with Gasteiger partial charge in [0.15, 0.2) is 5.58 Å². The van der Waals surface area contributed by atoms with E-state index in [-0.39, 0.29) is 18.3 Å². The van der Waals surface area contributed by atoms with Crippen molar-refractivity contribution in [1.82, 2.24) is 15.0 Å². The molecule has 1 saturated heterocycles. The van der Waals surface area contributed by atoms with Crippen LogP contribution in [0, 0.1) is 0 Å². The van der Waals surface area contributed by atoms with Gasteiger partial charge >= 0.3 is 5.97 Å². The number of hydrogen-bond donors (Lipinski definition) is 1. The summed E-state index contributed by atoms with van der Waals surface area (Å²) in [7, 11) is 0. The molecule has 0 unspecified atom stereocenters. The van der Waals surface area contributed by atoms with E-state index in [2.05, 4.69) is 21.9 Å². The highest BCUT2D eigenvalue weighted by Crippen LogP contribution is 2.31. The van der Waals surface area contributed by atoms with E-state index >= 15 is 0 Å². The summed E-state index contributed by atoms with van der Waals surface area (Å²) in [4.78, 5) is 16.5. The van der Waals surface area contributed by atoms with Gasteiger partial charge in [-0.25, -0.2) is 4.79 Å². The van der Waals surface area contributed by atoms with Gasteiger partial charge in [0, 0.05) is 38.1 Å². The fourth-order valence-electron chi connectivity index (χ4n) is 3.90. The molecular weight excluding hydrogens is 410 g/mol. The second kappa shape index (κ2) is 10.0. The lowest BCUT2D eigenvalue weighted by Crippen LogP contribution is -2.45. The van der Waals surface area contributed by atoms with Crippen LogP contribution >= 0.6 is 0 Å². The molecule has 0 amide bonds. The molecule has 8 heteroatoms. The number of likely N-dealkylation sites (N-methyl/N-ethyl adjacent to an activating group) is 1. The molecule has 1 aliphatic rings. The molecule has 0 spiro atoms. The van der Waals surface area contributed by atoms with Gasteiger partial charge in [0.25, 0.3) is 0 Å². The number of phenolic OH excluding ortho intramolecular Hbond substituents is 1. The maximum absolute atomic E-state index is 11.8. The zero-order chi connectivity index (χ0) is 22.5. The molecule has 1 N–H and O–H groups in total. The first-order valence-corrected chi connectivity index (χ1v) is 11.0. The van der Waals surface area contributed by atoms with Crippen molar-refractivity contribution in [1.29, 1.82) is 0 Å². The van der Waals surface area contributed by atoms with Gasteiger partial charge in [0.2, 0.25) is 0 Å². The number of aromatic hydroxyl groups is 1. The third-order valence-corrected chi connectivity index (χ3v) is 5.83.